The lowest BCUT2D eigenvalue weighted by molar-refractivity contribution is 0.210. The monoisotopic (exact) mass is 250 g/mol. The summed E-state index contributed by atoms with van der Waals surface area (Å²) in [6, 6.07) is 1.98. The number of aromatic nitrogens is 2. The molecule has 100 valence electrons. The predicted octanol–water partition coefficient (Wildman–Crippen LogP) is 1.77. The Balaban J connectivity index is 1.94. The fourth-order valence-electron chi connectivity index (χ4n) is 2.11. The van der Waals surface area contributed by atoms with Crippen molar-refractivity contribution in [3.05, 3.63) is 12.3 Å². The third-order valence-corrected chi connectivity index (χ3v) is 3.34. The molecular formula is C13H22N4O. The number of anilines is 2. The Morgan fingerprint density at radius 3 is 2.94 bits per heavy atom. The van der Waals surface area contributed by atoms with E-state index in [2.05, 4.69) is 27.1 Å². The predicted molar refractivity (Wildman–Crippen MR) is 73.0 cm³/mol. The van der Waals surface area contributed by atoms with Gasteiger partial charge in [0.15, 0.2) is 0 Å². The van der Waals surface area contributed by atoms with Crippen molar-refractivity contribution < 1.29 is 4.74 Å². The second kappa shape index (κ2) is 6.54. The van der Waals surface area contributed by atoms with Crippen LogP contribution in [0.15, 0.2) is 12.3 Å². The van der Waals surface area contributed by atoms with Crippen LogP contribution in [-0.2, 0) is 4.74 Å². The van der Waals surface area contributed by atoms with Crippen molar-refractivity contribution >= 4 is 11.8 Å². The minimum Gasteiger partial charge on any atom is -0.383 e. The Labute approximate surface area is 109 Å². The Morgan fingerprint density at radius 1 is 1.44 bits per heavy atom. The van der Waals surface area contributed by atoms with Crippen molar-refractivity contribution in [2.75, 3.05) is 43.6 Å². The molecule has 1 aliphatic heterocycles. The Hall–Kier alpha value is -1.36. The lowest BCUT2D eigenvalue weighted by atomic mass is 9.99. The van der Waals surface area contributed by atoms with E-state index >= 15 is 0 Å². The number of ether oxygens (including phenoxy) is 1. The molecule has 0 radical (unpaired) electrons. The van der Waals surface area contributed by atoms with Crippen LogP contribution in [0.5, 0.6) is 0 Å². The van der Waals surface area contributed by atoms with Crippen molar-refractivity contribution in [1.29, 1.82) is 0 Å². The lowest BCUT2D eigenvalue weighted by Crippen LogP contribution is -2.33. The normalized spacial score (nSPS) is 16.9. The summed E-state index contributed by atoms with van der Waals surface area (Å²) < 4.78 is 4.99. The first-order chi connectivity index (χ1) is 8.79. The number of hydrogen-bond donors (Lipinski definition) is 1. The van der Waals surface area contributed by atoms with Crippen molar-refractivity contribution in [3.63, 3.8) is 0 Å². The van der Waals surface area contributed by atoms with Crippen LogP contribution in [-0.4, -0.2) is 43.3 Å². The smallest absolute Gasteiger partial charge is 0.224 e. The number of methoxy groups -OCH3 is 1. The summed E-state index contributed by atoms with van der Waals surface area (Å²) in [5, 5.41) is 3.16. The number of piperidine rings is 1. The van der Waals surface area contributed by atoms with Crippen LogP contribution in [0.3, 0.4) is 0 Å². The molecule has 0 atom stereocenters. The van der Waals surface area contributed by atoms with Crippen LogP contribution in [0, 0.1) is 5.92 Å². The van der Waals surface area contributed by atoms with Gasteiger partial charge in [-0.15, -0.1) is 0 Å². The van der Waals surface area contributed by atoms with Gasteiger partial charge in [0.05, 0.1) is 6.61 Å². The average molecular weight is 250 g/mol. The van der Waals surface area contributed by atoms with E-state index < -0.39 is 0 Å². The first-order valence-corrected chi connectivity index (χ1v) is 6.60. The van der Waals surface area contributed by atoms with Gasteiger partial charge in [0.25, 0.3) is 0 Å². The molecule has 1 aromatic heterocycles. The maximum Gasteiger partial charge on any atom is 0.224 e. The molecule has 0 aromatic carbocycles. The molecule has 0 bridgehead atoms. The molecule has 5 nitrogen and oxygen atoms in total. The van der Waals surface area contributed by atoms with Crippen LogP contribution in [0.25, 0.3) is 0 Å². The van der Waals surface area contributed by atoms with E-state index in [4.69, 9.17) is 4.74 Å². The maximum atomic E-state index is 4.99. The zero-order valence-electron chi connectivity index (χ0n) is 11.2. The highest BCUT2D eigenvalue weighted by Crippen LogP contribution is 2.21. The molecule has 5 heteroatoms. The highest BCUT2D eigenvalue weighted by Gasteiger charge is 2.17. The van der Waals surface area contributed by atoms with Crippen LogP contribution >= 0.6 is 0 Å². The summed E-state index contributed by atoms with van der Waals surface area (Å²) in [5.74, 6) is 2.54. The molecule has 1 N–H and O–H groups in total. The molecule has 1 aliphatic rings. The first-order valence-electron chi connectivity index (χ1n) is 6.60. The van der Waals surface area contributed by atoms with Gasteiger partial charge >= 0.3 is 0 Å². The van der Waals surface area contributed by atoms with Gasteiger partial charge in [-0.3, -0.25) is 0 Å². The summed E-state index contributed by atoms with van der Waals surface area (Å²) in [5.41, 5.74) is 0. The molecule has 1 aromatic rings. The van der Waals surface area contributed by atoms with Crippen LogP contribution in [0.1, 0.15) is 19.8 Å². The minimum atomic E-state index is 0.662. The van der Waals surface area contributed by atoms with E-state index in [0.29, 0.717) is 12.6 Å². The SMILES string of the molecule is COCCNc1nccc(N2CCC(C)CC2)n1. The molecule has 0 amide bonds. The van der Waals surface area contributed by atoms with Crippen molar-refractivity contribution in [1.82, 2.24) is 9.97 Å². The third kappa shape index (κ3) is 3.57. The molecule has 0 saturated carbocycles. The fraction of sp³-hybridized carbons (Fsp3) is 0.692. The second-order valence-electron chi connectivity index (χ2n) is 4.83. The second-order valence-corrected chi connectivity index (χ2v) is 4.83. The van der Waals surface area contributed by atoms with Gasteiger partial charge in [0, 0.05) is 32.9 Å². The molecule has 2 rings (SSSR count). The van der Waals surface area contributed by atoms with E-state index in [1.165, 1.54) is 12.8 Å². The van der Waals surface area contributed by atoms with E-state index in [1.807, 2.05) is 12.3 Å². The fourth-order valence-corrected chi connectivity index (χ4v) is 2.11. The summed E-state index contributed by atoms with van der Waals surface area (Å²) >= 11 is 0. The molecular weight excluding hydrogens is 228 g/mol. The van der Waals surface area contributed by atoms with Crippen LogP contribution < -0.4 is 10.2 Å². The largest absolute Gasteiger partial charge is 0.383 e. The Morgan fingerprint density at radius 2 is 2.22 bits per heavy atom. The topological polar surface area (TPSA) is 50.3 Å². The molecule has 0 aliphatic carbocycles. The minimum absolute atomic E-state index is 0.662. The average Bonchev–Trinajstić information content (AvgIpc) is 2.40. The summed E-state index contributed by atoms with van der Waals surface area (Å²) in [6.07, 6.45) is 4.31. The number of nitrogens with one attached hydrogen (secondary N) is 1. The third-order valence-electron chi connectivity index (χ3n) is 3.34. The van der Waals surface area contributed by atoms with E-state index in [1.54, 1.807) is 7.11 Å². The van der Waals surface area contributed by atoms with Crippen molar-refractivity contribution in [3.8, 4) is 0 Å². The first kappa shape index (κ1) is 13.1. The van der Waals surface area contributed by atoms with E-state index in [9.17, 15) is 0 Å². The molecule has 0 unspecified atom stereocenters. The summed E-state index contributed by atoms with van der Waals surface area (Å²) in [4.78, 5) is 11.1. The standard InChI is InChI=1S/C13H22N4O/c1-11-4-8-17(9-5-11)12-3-6-14-13(16-12)15-7-10-18-2/h3,6,11H,4-5,7-10H2,1-2H3,(H,14,15,16). The van der Waals surface area contributed by atoms with E-state index in [-0.39, 0.29) is 0 Å². The molecule has 2 heterocycles. The number of nitrogens with zero attached hydrogens (tertiary/aromatic N) is 3. The molecule has 0 spiro atoms. The van der Waals surface area contributed by atoms with Gasteiger partial charge in [0.2, 0.25) is 5.95 Å². The summed E-state index contributed by atoms with van der Waals surface area (Å²) in [6.45, 7) is 5.90. The highest BCUT2D eigenvalue weighted by molar-refractivity contribution is 5.42. The maximum absolute atomic E-state index is 4.99. The summed E-state index contributed by atoms with van der Waals surface area (Å²) in [7, 11) is 1.69. The molecule has 18 heavy (non-hydrogen) atoms. The van der Waals surface area contributed by atoms with Crippen molar-refractivity contribution in [2.45, 2.75) is 19.8 Å². The molecule has 1 fully saturated rings. The van der Waals surface area contributed by atoms with Gasteiger partial charge in [-0.1, -0.05) is 6.92 Å². The van der Waals surface area contributed by atoms with Gasteiger partial charge < -0.3 is 15.0 Å². The van der Waals surface area contributed by atoms with Crippen LogP contribution in [0.4, 0.5) is 11.8 Å². The van der Waals surface area contributed by atoms with Gasteiger partial charge in [-0.05, 0) is 24.8 Å². The molecule has 1 saturated heterocycles. The Kier molecular flexibility index (Phi) is 4.75. The van der Waals surface area contributed by atoms with Gasteiger partial charge in [-0.2, -0.15) is 4.98 Å². The Bertz CT molecular complexity index is 364. The van der Waals surface area contributed by atoms with Crippen molar-refractivity contribution in [2.24, 2.45) is 5.92 Å². The lowest BCUT2D eigenvalue weighted by Gasteiger charge is -2.31. The zero-order valence-corrected chi connectivity index (χ0v) is 11.2. The van der Waals surface area contributed by atoms with Crippen LogP contribution in [0.2, 0.25) is 0 Å². The highest BCUT2D eigenvalue weighted by atomic mass is 16.5. The van der Waals surface area contributed by atoms with E-state index in [0.717, 1.165) is 31.4 Å². The van der Waals surface area contributed by atoms with Gasteiger partial charge in [0.1, 0.15) is 5.82 Å². The quantitative estimate of drug-likeness (QED) is 0.807. The van der Waals surface area contributed by atoms with Gasteiger partial charge in [-0.25, -0.2) is 4.98 Å². The zero-order chi connectivity index (χ0) is 12.8. The number of rotatable bonds is 5. The number of hydrogen-bond acceptors (Lipinski definition) is 5.